The fourth-order valence-corrected chi connectivity index (χ4v) is 4.02. The first-order chi connectivity index (χ1) is 17.0. The largest absolute Gasteiger partial charge is 0.478 e. The minimum Gasteiger partial charge on any atom is -0.478 e. The number of fused-ring (bicyclic) bond motifs is 1. The predicted molar refractivity (Wildman–Crippen MR) is 138 cm³/mol. The number of para-hydroxylation sites is 1. The molecule has 0 spiro atoms. The summed E-state index contributed by atoms with van der Waals surface area (Å²) in [6.45, 7) is 7.60. The summed E-state index contributed by atoms with van der Waals surface area (Å²) in [4.78, 5) is 30.0. The van der Waals surface area contributed by atoms with E-state index >= 15 is 0 Å². The minimum absolute atomic E-state index is 0.112. The smallest absolute Gasteiger partial charge is 0.251 e. The third kappa shape index (κ3) is 5.37. The zero-order valence-electron chi connectivity index (χ0n) is 20.4. The maximum absolute atomic E-state index is 12.3. The van der Waals surface area contributed by atoms with Gasteiger partial charge in [0.25, 0.3) is 5.91 Å². The first-order valence-electron chi connectivity index (χ1n) is 11.8. The van der Waals surface area contributed by atoms with Crippen molar-refractivity contribution < 1.29 is 9.53 Å². The van der Waals surface area contributed by atoms with Gasteiger partial charge in [0, 0.05) is 49.1 Å². The van der Waals surface area contributed by atoms with Gasteiger partial charge in [-0.15, -0.1) is 0 Å². The van der Waals surface area contributed by atoms with Crippen LogP contribution in [0.5, 0.6) is 5.88 Å². The van der Waals surface area contributed by atoms with Crippen LogP contribution in [0.3, 0.4) is 0 Å². The summed E-state index contributed by atoms with van der Waals surface area (Å²) in [5, 5.41) is 7.01. The molecule has 0 radical (unpaired) electrons. The van der Waals surface area contributed by atoms with E-state index in [1.165, 1.54) is 0 Å². The highest BCUT2D eigenvalue weighted by atomic mass is 16.5. The Hall–Kier alpha value is -4.07. The van der Waals surface area contributed by atoms with Gasteiger partial charge in [-0.1, -0.05) is 32.0 Å². The number of amides is 1. The van der Waals surface area contributed by atoms with Crippen LogP contribution in [0.25, 0.3) is 22.2 Å². The molecule has 35 heavy (non-hydrogen) atoms. The van der Waals surface area contributed by atoms with Gasteiger partial charge in [0.05, 0.1) is 23.4 Å². The molecule has 3 aromatic heterocycles. The van der Waals surface area contributed by atoms with Crippen molar-refractivity contribution in [3.63, 3.8) is 0 Å². The van der Waals surface area contributed by atoms with Crippen LogP contribution < -0.4 is 15.4 Å². The summed E-state index contributed by atoms with van der Waals surface area (Å²) in [6, 6.07) is 13.5. The van der Waals surface area contributed by atoms with Crippen LogP contribution in [0.2, 0.25) is 0 Å². The quantitative estimate of drug-likeness (QED) is 0.366. The average molecular weight is 471 g/mol. The Kier molecular flexibility index (Phi) is 7.50. The second kappa shape index (κ2) is 10.9. The van der Waals surface area contributed by atoms with E-state index in [-0.39, 0.29) is 17.7 Å². The first-order valence-corrected chi connectivity index (χ1v) is 11.8. The molecular formula is C27H30N6O2. The van der Waals surface area contributed by atoms with E-state index in [4.69, 9.17) is 4.74 Å². The Labute approximate surface area is 205 Å². The van der Waals surface area contributed by atoms with E-state index in [2.05, 4.69) is 50.5 Å². The highest BCUT2D eigenvalue weighted by Gasteiger charge is 2.19. The van der Waals surface area contributed by atoms with Gasteiger partial charge >= 0.3 is 0 Å². The molecule has 3 heterocycles. The number of hydrogen-bond donors (Lipinski definition) is 2. The van der Waals surface area contributed by atoms with Gasteiger partial charge in [-0.3, -0.25) is 9.78 Å². The van der Waals surface area contributed by atoms with Gasteiger partial charge in [0.15, 0.2) is 0 Å². The molecule has 4 aromatic rings. The monoisotopic (exact) mass is 470 g/mol. The molecule has 0 saturated carbocycles. The maximum Gasteiger partial charge on any atom is 0.251 e. The SMILES string of the molecule is CCOc1ccc(-c2cc(NC[C@@H](C)C(C)c3cccc4c(C(=O)NC)ccnc34)ncn2)cn1. The van der Waals surface area contributed by atoms with Gasteiger partial charge < -0.3 is 15.4 Å². The number of nitrogens with one attached hydrogen (secondary N) is 2. The summed E-state index contributed by atoms with van der Waals surface area (Å²) < 4.78 is 5.41. The zero-order chi connectivity index (χ0) is 24.8. The third-order valence-corrected chi connectivity index (χ3v) is 6.21. The Balaban J connectivity index is 1.48. The lowest BCUT2D eigenvalue weighted by Gasteiger charge is -2.22. The van der Waals surface area contributed by atoms with Crippen LogP contribution in [0.4, 0.5) is 5.82 Å². The predicted octanol–water partition coefficient (Wildman–Crippen LogP) is 4.70. The fraction of sp³-hybridized carbons (Fsp3) is 0.296. The first kappa shape index (κ1) is 24.1. The molecule has 0 aliphatic rings. The summed E-state index contributed by atoms with van der Waals surface area (Å²) in [6.07, 6.45) is 5.00. The number of carbonyl (C=O) groups is 1. The summed E-state index contributed by atoms with van der Waals surface area (Å²) in [7, 11) is 1.64. The standard InChI is InChI=1S/C27H30N6O2/c1-5-35-25-10-9-19(15-31-25)23-13-24(33-16-32-23)30-14-17(2)18(3)20-7-6-8-21-22(27(34)28-4)11-12-29-26(20)21/h6-13,15-18H,5,14H2,1-4H3,(H,28,34)(H,30,32,33)/t17-,18?/m1/s1. The van der Waals surface area contributed by atoms with Crippen molar-refractivity contribution in [2.75, 3.05) is 25.5 Å². The second-order valence-electron chi connectivity index (χ2n) is 8.43. The summed E-state index contributed by atoms with van der Waals surface area (Å²) >= 11 is 0. The number of carbonyl (C=O) groups excluding carboxylic acids is 1. The lowest BCUT2D eigenvalue weighted by atomic mass is 9.87. The van der Waals surface area contributed by atoms with Crippen LogP contribution in [-0.4, -0.2) is 46.0 Å². The molecule has 0 fully saturated rings. The lowest BCUT2D eigenvalue weighted by molar-refractivity contribution is 0.0964. The van der Waals surface area contributed by atoms with Gasteiger partial charge in [-0.05, 0) is 36.5 Å². The van der Waals surface area contributed by atoms with Crippen LogP contribution in [0.15, 0.2) is 61.2 Å². The topological polar surface area (TPSA) is 102 Å². The number of rotatable bonds is 9. The molecule has 0 saturated heterocycles. The summed E-state index contributed by atoms with van der Waals surface area (Å²) in [5.74, 6) is 1.71. The molecule has 1 unspecified atom stereocenters. The molecule has 0 aliphatic heterocycles. The van der Waals surface area contributed by atoms with Crippen molar-refractivity contribution >= 4 is 22.6 Å². The zero-order valence-corrected chi connectivity index (χ0v) is 20.4. The Morgan fingerprint density at radius 2 is 1.91 bits per heavy atom. The third-order valence-electron chi connectivity index (χ3n) is 6.21. The highest BCUT2D eigenvalue weighted by Crippen LogP contribution is 2.31. The number of pyridine rings is 2. The van der Waals surface area contributed by atoms with Crippen molar-refractivity contribution in [2.45, 2.75) is 26.7 Å². The maximum atomic E-state index is 12.3. The van der Waals surface area contributed by atoms with E-state index in [9.17, 15) is 4.79 Å². The molecule has 8 heteroatoms. The molecule has 1 aromatic carbocycles. The number of ether oxygens (including phenoxy) is 1. The molecule has 180 valence electrons. The molecule has 0 bridgehead atoms. The fourth-order valence-electron chi connectivity index (χ4n) is 4.02. The average Bonchev–Trinajstić information content (AvgIpc) is 2.91. The second-order valence-corrected chi connectivity index (χ2v) is 8.43. The molecule has 2 atom stereocenters. The molecule has 8 nitrogen and oxygen atoms in total. The number of nitrogens with zero attached hydrogens (tertiary/aromatic N) is 4. The molecule has 0 aliphatic carbocycles. The van der Waals surface area contributed by atoms with Crippen molar-refractivity contribution in [1.82, 2.24) is 25.3 Å². The van der Waals surface area contributed by atoms with Crippen molar-refractivity contribution in [1.29, 1.82) is 0 Å². The van der Waals surface area contributed by atoms with E-state index < -0.39 is 0 Å². The Morgan fingerprint density at radius 1 is 1.06 bits per heavy atom. The van der Waals surface area contributed by atoms with Crippen LogP contribution in [0.1, 0.15) is 42.6 Å². The highest BCUT2D eigenvalue weighted by molar-refractivity contribution is 6.06. The molecule has 1 amide bonds. The Morgan fingerprint density at radius 3 is 2.66 bits per heavy atom. The van der Waals surface area contributed by atoms with E-state index in [0.717, 1.165) is 33.5 Å². The molecule has 2 N–H and O–H groups in total. The Bertz CT molecular complexity index is 1310. The van der Waals surface area contributed by atoms with Crippen molar-refractivity contribution in [3.8, 4) is 17.1 Å². The lowest BCUT2D eigenvalue weighted by Crippen LogP contribution is -2.19. The van der Waals surface area contributed by atoms with Crippen LogP contribution >= 0.6 is 0 Å². The van der Waals surface area contributed by atoms with Crippen LogP contribution in [-0.2, 0) is 0 Å². The summed E-state index contributed by atoms with van der Waals surface area (Å²) in [5.41, 5.74) is 4.30. The number of hydrogen-bond acceptors (Lipinski definition) is 7. The number of anilines is 1. The van der Waals surface area contributed by atoms with Crippen molar-refractivity contribution in [3.05, 3.63) is 72.3 Å². The number of aromatic nitrogens is 4. The van der Waals surface area contributed by atoms with Crippen molar-refractivity contribution in [2.24, 2.45) is 5.92 Å². The van der Waals surface area contributed by atoms with Gasteiger partial charge in [0.1, 0.15) is 12.1 Å². The van der Waals surface area contributed by atoms with E-state index in [1.54, 1.807) is 31.8 Å². The van der Waals surface area contributed by atoms with Gasteiger partial charge in [-0.2, -0.15) is 0 Å². The minimum atomic E-state index is -0.112. The number of benzene rings is 1. The van der Waals surface area contributed by atoms with Crippen LogP contribution in [0, 0.1) is 5.92 Å². The van der Waals surface area contributed by atoms with Gasteiger partial charge in [0.2, 0.25) is 5.88 Å². The van der Waals surface area contributed by atoms with Gasteiger partial charge in [-0.25, -0.2) is 15.0 Å². The molecule has 4 rings (SSSR count). The van der Waals surface area contributed by atoms with E-state index in [1.807, 2.05) is 37.3 Å². The molecular weight excluding hydrogens is 440 g/mol. The van der Waals surface area contributed by atoms with E-state index in [0.29, 0.717) is 24.6 Å². The normalized spacial score (nSPS) is 12.7.